The first kappa shape index (κ1) is 17.6. The van der Waals surface area contributed by atoms with E-state index in [1.165, 1.54) is 13.2 Å². The molecule has 2 amide bonds. The van der Waals surface area contributed by atoms with Gasteiger partial charge in [-0.3, -0.25) is 9.59 Å². The van der Waals surface area contributed by atoms with Gasteiger partial charge >= 0.3 is 11.8 Å². The summed E-state index contributed by atoms with van der Waals surface area (Å²) in [6.45, 7) is 0. The molecule has 0 heterocycles. The average molecular weight is 348 g/mol. The van der Waals surface area contributed by atoms with Crippen LogP contribution in [0.1, 0.15) is 0 Å². The molecule has 0 saturated heterocycles. The Morgan fingerprint density at radius 2 is 1.62 bits per heavy atom. The molecule has 0 atom stereocenters. The molecule has 2 aromatic rings. The molecule has 24 heavy (non-hydrogen) atoms. The van der Waals surface area contributed by atoms with Crippen LogP contribution < -0.4 is 20.3 Å². The SMILES string of the molecule is COc1ccc(Cl)cc1NC(=O)C(=O)Nc1ccc(N(C)C)cc1. The van der Waals surface area contributed by atoms with Crippen LogP contribution in [0.3, 0.4) is 0 Å². The smallest absolute Gasteiger partial charge is 0.314 e. The van der Waals surface area contributed by atoms with Gasteiger partial charge in [0, 0.05) is 30.5 Å². The number of carbonyl (C=O) groups excluding carboxylic acids is 2. The normalized spacial score (nSPS) is 10.0. The highest BCUT2D eigenvalue weighted by molar-refractivity contribution is 6.44. The van der Waals surface area contributed by atoms with Crippen molar-refractivity contribution in [1.29, 1.82) is 0 Å². The Morgan fingerprint density at radius 3 is 2.21 bits per heavy atom. The summed E-state index contributed by atoms with van der Waals surface area (Å²) in [4.78, 5) is 26.0. The van der Waals surface area contributed by atoms with Crippen molar-refractivity contribution in [1.82, 2.24) is 0 Å². The summed E-state index contributed by atoms with van der Waals surface area (Å²) in [6, 6.07) is 11.9. The third-order valence-corrected chi connectivity index (χ3v) is 3.49. The molecule has 6 nitrogen and oxygen atoms in total. The van der Waals surface area contributed by atoms with Crippen LogP contribution in [0.25, 0.3) is 0 Å². The summed E-state index contributed by atoms with van der Waals surface area (Å²) in [5.74, 6) is -1.18. The molecule has 0 aliphatic heterocycles. The largest absolute Gasteiger partial charge is 0.495 e. The van der Waals surface area contributed by atoms with Gasteiger partial charge in [0.15, 0.2) is 0 Å². The van der Waals surface area contributed by atoms with Gasteiger partial charge in [0.05, 0.1) is 12.8 Å². The number of carbonyl (C=O) groups is 2. The van der Waals surface area contributed by atoms with Gasteiger partial charge in [-0.05, 0) is 42.5 Å². The van der Waals surface area contributed by atoms with Gasteiger partial charge in [0.1, 0.15) is 5.75 Å². The van der Waals surface area contributed by atoms with Gasteiger partial charge in [0.25, 0.3) is 0 Å². The Hall–Kier alpha value is -2.73. The molecule has 0 aliphatic rings. The maximum absolute atomic E-state index is 12.0. The zero-order chi connectivity index (χ0) is 17.7. The Bertz CT molecular complexity index is 745. The number of hydrogen-bond acceptors (Lipinski definition) is 4. The van der Waals surface area contributed by atoms with Crippen LogP contribution >= 0.6 is 11.6 Å². The number of hydrogen-bond donors (Lipinski definition) is 2. The number of methoxy groups -OCH3 is 1. The van der Waals surface area contributed by atoms with E-state index >= 15 is 0 Å². The Morgan fingerprint density at radius 1 is 1.00 bits per heavy atom. The summed E-state index contributed by atoms with van der Waals surface area (Å²) in [5.41, 5.74) is 1.84. The molecule has 0 unspecified atom stereocenters. The van der Waals surface area contributed by atoms with Gasteiger partial charge in [-0.2, -0.15) is 0 Å². The van der Waals surface area contributed by atoms with Crippen LogP contribution in [0.2, 0.25) is 5.02 Å². The van der Waals surface area contributed by atoms with Crippen LogP contribution in [-0.4, -0.2) is 33.0 Å². The summed E-state index contributed by atoms with van der Waals surface area (Å²) in [6.07, 6.45) is 0. The highest BCUT2D eigenvalue weighted by atomic mass is 35.5. The van der Waals surface area contributed by atoms with Crippen molar-refractivity contribution >= 4 is 40.5 Å². The van der Waals surface area contributed by atoms with E-state index < -0.39 is 11.8 Å². The van der Waals surface area contributed by atoms with Crippen molar-refractivity contribution in [3.05, 3.63) is 47.5 Å². The molecule has 0 spiro atoms. The van der Waals surface area contributed by atoms with Gasteiger partial charge in [-0.15, -0.1) is 0 Å². The quantitative estimate of drug-likeness (QED) is 0.834. The second kappa shape index (κ2) is 7.70. The molecule has 2 N–H and O–H groups in total. The third-order valence-electron chi connectivity index (χ3n) is 3.26. The second-order valence-electron chi connectivity index (χ2n) is 5.19. The van der Waals surface area contributed by atoms with Crippen molar-refractivity contribution in [2.75, 3.05) is 36.7 Å². The molecular weight excluding hydrogens is 330 g/mol. The fourth-order valence-electron chi connectivity index (χ4n) is 1.99. The molecule has 2 rings (SSSR count). The monoisotopic (exact) mass is 347 g/mol. The first-order valence-electron chi connectivity index (χ1n) is 7.14. The minimum atomic E-state index is -0.813. The number of rotatable bonds is 4. The predicted molar refractivity (Wildman–Crippen MR) is 96.0 cm³/mol. The van der Waals surface area contributed by atoms with Crippen molar-refractivity contribution < 1.29 is 14.3 Å². The maximum Gasteiger partial charge on any atom is 0.314 e. The van der Waals surface area contributed by atoms with Gasteiger partial charge in [0.2, 0.25) is 0 Å². The number of ether oxygens (including phenoxy) is 1. The first-order valence-corrected chi connectivity index (χ1v) is 7.52. The fraction of sp³-hybridized carbons (Fsp3) is 0.176. The molecule has 0 fully saturated rings. The number of nitrogens with zero attached hydrogens (tertiary/aromatic N) is 1. The molecule has 0 radical (unpaired) electrons. The van der Waals surface area contributed by atoms with Crippen LogP contribution in [0, 0.1) is 0 Å². The lowest BCUT2D eigenvalue weighted by molar-refractivity contribution is -0.133. The maximum atomic E-state index is 12.0. The Labute approximate surface area is 145 Å². The molecule has 0 aromatic heterocycles. The number of halogens is 1. The van der Waals surface area contributed by atoms with E-state index in [1.54, 1.807) is 24.3 Å². The van der Waals surface area contributed by atoms with Crippen molar-refractivity contribution in [2.24, 2.45) is 0 Å². The highest BCUT2D eigenvalue weighted by Gasteiger charge is 2.16. The van der Waals surface area contributed by atoms with Crippen LogP contribution in [0.5, 0.6) is 5.75 Å². The van der Waals surface area contributed by atoms with Crippen LogP contribution in [0.15, 0.2) is 42.5 Å². The standard InChI is InChI=1S/C17H18ClN3O3/c1-21(2)13-7-5-12(6-8-13)19-16(22)17(23)20-14-10-11(18)4-9-15(14)24-3/h4-10H,1-3H3,(H,19,22)(H,20,23). The van der Waals surface area contributed by atoms with Gasteiger partial charge in [-0.25, -0.2) is 0 Å². The average Bonchev–Trinajstić information content (AvgIpc) is 2.55. The van der Waals surface area contributed by atoms with Crippen LogP contribution in [0.4, 0.5) is 17.1 Å². The zero-order valence-electron chi connectivity index (χ0n) is 13.6. The highest BCUT2D eigenvalue weighted by Crippen LogP contribution is 2.27. The summed E-state index contributed by atoms with van der Waals surface area (Å²) in [5, 5.41) is 5.44. The van der Waals surface area contributed by atoms with E-state index in [2.05, 4.69) is 10.6 Å². The predicted octanol–water partition coefficient (Wildman–Crippen LogP) is 2.99. The molecule has 0 saturated carbocycles. The third kappa shape index (κ3) is 4.39. The number of benzene rings is 2. The van der Waals surface area contributed by atoms with Crippen molar-refractivity contribution in [2.45, 2.75) is 0 Å². The Kier molecular flexibility index (Phi) is 5.65. The summed E-state index contributed by atoms with van der Waals surface area (Å²) < 4.78 is 5.13. The zero-order valence-corrected chi connectivity index (χ0v) is 14.3. The number of anilines is 3. The second-order valence-corrected chi connectivity index (χ2v) is 5.63. The molecule has 7 heteroatoms. The van der Waals surface area contributed by atoms with E-state index in [1.807, 2.05) is 31.1 Å². The summed E-state index contributed by atoms with van der Waals surface area (Å²) in [7, 11) is 5.30. The molecular formula is C17H18ClN3O3. The minimum Gasteiger partial charge on any atom is -0.495 e. The van der Waals surface area contributed by atoms with E-state index in [0.717, 1.165) is 5.69 Å². The molecule has 2 aromatic carbocycles. The topological polar surface area (TPSA) is 70.7 Å². The molecule has 0 bridgehead atoms. The number of amides is 2. The number of nitrogens with one attached hydrogen (secondary N) is 2. The van der Waals surface area contributed by atoms with Crippen molar-refractivity contribution in [3.8, 4) is 5.75 Å². The van der Waals surface area contributed by atoms with E-state index in [-0.39, 0.29) is 0 Å². The van der Waals surface area contributed by atoms with Gasteiger partial charge < -0.3 is 20.3 Å². The first-order chi connectivity index (χ1) is 11.4. The van der Waals surface area contributed by atoms with E-state index in [4.69, 9.17) is 16.3 Å². The Balaban J connectivity index is 2.05. The van der Waals surface area contributed by atoms with E-state index in [0.29, 0.717) is 22.1 Å². The van der Waals surface area contributed by atoms with Gasteiger partial charge in [-0.1, -0.05) is 11.6 Å². The lowest BCUT2D eigenvalue weighted by Crippen LogP contribution is -2.29. The lowest BCUT2D eigenvalue weighted by Gasteiger charge is -2.13. The van der Waals surface area contributed by atoms with Crippen molar-refractivity contribution in [3.63, 3.8) is 0 Å². The fourth-order valence-corrected chi connectivity index (χ4v) is 2.16. The minimum absolute atomic E-state index is 0.327. The lowest BCUT2D eigenvalue weighted by atomic mass is 10.2. The summed E-state index contributed by atoms with van der Waals surface area (Å²) >= 11 is 5.90. The molecule has 0 aliphatic carbocycles. The molecule has 126 valence electrons. The van der Waals surface area contributed by atoms with E-state index in [9.17, 15) is 9.59 Å². The van der Waals surface area contributed by atoms with Crippen LogP contribution in [-0.2, 0) is 9.59 Å².